The molecule has 0 aromatic rings. The molecular formula is C6H13ClS2. The molecule has 0 atom stereocenters. The maximum atomic E-state index is 5.68. The summed E-state index contributed by atoms with van der Waals surface area (Å²) in [6.45, 7) is 4.33. The molecule has 0 spiro atoms. The van der Waals surface area contributed by atoms with E-state index < -0.39 is 0 Å². The molecule has 0 aliphatic heterocycles. The largest absolute Gasteiger partial charge is 0.147 e. The summed E-state index contributed by atoms with van der Waals surface area (Å²) in [5, 5.41) is 0. The lowest BCUT2D eigenvalue weighted by atomic mass is 10.9. The van der Waals surface area contributed by atoms with E-state index in [0.29, 0.717) is 4.58 Å². The van der Waals surface area contributed by atoms with Crippen molar-refractivity contribution in [2.75, 3.05) is 17.4 Å². The van der Waals surface area contributed by atoms with Crippen LogP contribution in [0.5, 0.6) is 0 Å². The van der Waals surface area contributed by atoms with Crippen LogP contribution in [0.25, 0.3) is 0 Å². The Morgan fingerprint density at radius 2 is 1.67 bits per heavy atom. The SMILES string of the molecule is CCSC(CCl)SCC. The lowest BCUT2D eigenvalue weighted by Gasteiger charge is -2.08. The number of thioether (sulfide) groups is 2. The van der Waals surface area contributed by atoms with Crippen LogP contribution in [0.2, 0.25) is 0 Å². The maximum absolute atomic E-state index is 5.68. The van der Waals surface area contributed by atoms with Gasteiger partial charge in [0, 0.05) is 5.88 Å². The second kappa shape index (κ2) is 7.10. The molecule has 0 aromatic heterocycles. The van der Waals surface area contributed by atoms with E-state index in [1.807, 2.05) is 23.5 Å². The van der Waals surface area contributed by atoms with E-state index in [1.54, 1.807) is 0 Å². The van der Waals surface area contributed by atoms with Crippen LogP contribution in [0.15, 0.2) is 0 Å². The van der Waals surface area contributed by atoms with Crippen molar-refractivity contribution >= 4 is 35.1 Å². The van der Waals surface area contributed by atoms with Gasteiger partial charge in [-0.15, -0.1) is 35.1 Å². The van der Waals surface area contributed by atoms with Gasteiger partial charge in [-0.25, -0.2) is 0 Å². The Morgan fingerprint density at radius 3 is 1.89 bits per heavy atom. The smallest absolute Gasteiger partial charge is 0.0637 e. The lowest BCUT2D eigenvalue weighted by Crippen LogP contribution is -1.98. The molecule has 0 aliphatic rings. The highest BCUT2D eigenvalue weighted by Gasteiger charge is 2.03. The van der Waals surface area contributed by atoms with Crippen molar-refractivity contribution in [3.63, 3.8) is 0 Å². The van der Waals surface area contributed by atoms with Gasteiger partial charge in [0.1, 0.15) is 0 Å². The Hall–Kier alpha value is 0.990. The molecule has 3 heteroatoms. The highest BCUT2D eigenvalue weighted by molar-refractivity contribution is 8.17. The summed E-state index contributed by atoms with van der Waals surface area (Å²) in [7, 11) is 0. The summed E-state index contributed by atoms with van der Waals surface area (Å²) in [6.07, 6.45) is 0. The number of alkyl halides is 1. The van der Waals surface area contributed by atoms with Crippen LogP contribution >= 0.6 is 35.1 Å². The van der Waals surface area contributed by atoms with Gasteiger partial charge in [0.2, 0.25) is 0 Å². The van der Waals surface area contributed by atoms with Gasteiger partial charge < -0.3 is 0 Å². The third-order valence-electron chi connectivity index (χ3n) is 0.831. The fourth-order valence-electron chi connectivity index (χ4n) is 0.509. The number of hydrogen-bond donors (Lipinski definition) is 0. The van der Waals surface area contributed by atoms with Gasteiger partial charge in [0.15, 0.2) is 0 Å². The summed E-state index contributed by atoms with van der Waals surface area (Å²) in [5.74, 6) is 3.12. The van der Waals surface area contributed by atoms with Crippen LogP contribution in [-0.4, -0.2) is 22.0 Å². The first-order chi connectivity index (χ1) is 4.35. The first kappa shape index (κ1) is 9.99. The fraction of sp³-hybridized carbons (Fsp3) is 1.00. The molecule has 9 heavy (non-hydrogen) atoms. The zero-order valence-electron chi connectivity index (χ0n) is 5.89. The summed E-state index contributed by atoms with van der Waals surface area (Å²) in [6, 6.07) is 0. The number of rotatable bonds is 5. The Labute approximate surface area is 71.1 Å². The Bertz CT molecular complexity index is 53.0. The van der Waals surface area contributed by atoms with E-state index in [0.717, 1.165) is 5.88 Å². The average Bonchev–Trinajstić information content (AvgIpc) is 1.88. The highest BCUT2D eigenvalue weighted by Crippen LogP contribution is 2.23. The lowest BCUT2D eigenvalue weighted by molar-refractivity contribution is 1.38. The van der Waals surface area contributed by atoms with Crippen LogP contribution in [0.3, 0.4) is 0 Å². The zero-order chi connectivity index (χ0) is 7.11. The number of hydrogen-bond acceptors (Lipinski definition) is 2. The van der Waals surface area contributed by atoms with E-state index in [9.17, 15) is 0 Å². The van der Waals surface area contributed by atoms with Crippen LogP contribution < -0.4 is 0 Å². The number of halogens is 1. The molecule has 0 saturated heterocycles. The topological polar surface area (TPSA) is 0 Å². The first-order valence-electron chi connectivity index (χ1n) is 3.14. The normalized spacial score (nSPS) is 10.7. The van der Waals surface area contributed by atoms with Crippen LogP contribution in [0.4, 0.5) is 0 Å². The van der Waals surface area contributed by atoms with Crippen LogP contribution in [0, 0.1) is 0 Å². The predicted octanol–water partition coefficient (Wildman–Crippen LogP) is 3.06. The van der Waals surface area contributed by atoms with E-state index in [1.165, 1.54) is 11.5 Å². The second-order valence-corrected chi connectivity index (χ2v) is 5.06. The van der Waals surface area contributed by atoms with Crippen LogP contribution in [0.1, 0.15) is 13.8 Å². The van der Waals surface area contributed by atoms with Crippen molar-refractivity contribution in [2.24, 2.45) is 0 Å². The minimum atomic E-state index is 0.613. The van der Waals surface area contributed by atoms with Gasteiger partial charge in [-0.3, -0.25) is 0 Å². The Morgan fingerprint density at radius 1 is 1.22 bits per heavy atom. The molecule has 0 saturated carbocycles. The third-order valence-corrected chi connectivity index (χ3v) is 4.07. The molecule has 56 valence electrons. The summed E-state index contributed by atoms with van der Waals surface area (Å²) >= 11 is 9.55. The van der Waals surface area contributed by atoms with Crippen molar-refractivity contribution in [1.82, 2.24) is 0 Å². The van der Waals surface area contributed by atoms with Crippen molar-refractivity contribution in [1.29, 1.82) is 0 Å². The minimum Gasteiger partial charge on any atom is -0.147 e. The first-order valence-corrected chi connectivity index (χ1v) is 5.77. The highest BCUT2D eigenvalue weighted by atomic mass is 35.5. The molecule has 0 fully saturated rings. The van der Waals surface area contributed by atoms with E-state index >= 15 is 0 Å². The molecule has 0 rings (SSSR count). The second-order valence-electron chi connectivity index (χ2n) is 1.49. The molecular weight excluding hydrogens is 172 g/mol. The van der Waals surface area contributed by atoms with Gasteiger partial charge in [0.25, 0.3) is 0 Å². The average molecular weight is 185 g/mol. The Kier molecular flexibility index (Phi) is 7.88. The van der Waals surface area contributed by atoms with E-state index in [4.69, 9.17) is 11.6 Å². The van der Waals surface area contributed by atoms with Crippen molar-refractivity contribution in [2.45, 2.75) is 18.4 Å². The monoisotopic (exact) mass is 184 g/mol. The van der Waals surface area contributed by atoms with Gasteiger partial charge in [0.05, 0.1) is 4.58 Å². The van der Waals surface area contributed by atoms with Crippen molar-refractivity contribution in [3.8, 4) is 0 Å². The standard InChI is InChI=1S/C6H13ClS2/c1-3-8-6(5-7)9-4-2/h6H,3-5H2,1-2H3. The quantitative estimate of drug-likeness (QED) is 0.476. The summed E-state index contributed by atoms with van der Waals surface area (Å²) < 4.78 is 0.613. The molecule has 0 nitrogen and oxygen atoms in total. The predicted molar refractivity (Wildman–Crippen MR) is 50.8 cm³/mol. The molecule has 0 radical (unpaired) electrons. The molecule has 0 heterocycles. The molecule has 0 amide bonds. The van der Waals surface area contributed by atoms with Gasteiger partial charge in [-0.1, -0.05) is 13.8 Å². The van der Waals surface area contributed by atoms with E-state index in [2.05, 4.69) is 13.8 Å². The van der Waals surface area contributed by atoms with Gasteiger partial charge in [-0.05, 0) is 11.5 Å². The molecule has 0 aromatic carbocycles. The minimum absolute atomic E-state index is 0.613. The fourth-order valence-corrected chi connectivity index (χ4v) is 3.17. The Balaban J connectivity index is 3.18. The molecule has 0 bridgehead atoms. The van der Waals surface area contributed by atoms with Gasteiger partial charge >= 0.3 is 0 Å². The molecule has 0 aliphatic carbocycles. The molecule has 0 N–H and O–H groups in total. The maximum Gasteiger partial charge on any atom is 0.0637 e. The van der Waals surface area contributed by atoms with Crippen LogP contribution in [-0.2, 0) is 0 Å². The van der Waals surface area contributed by atoms with E-state index in [-0.39, 0.29) is 0 Å². The van der Waals surface area contributed by atoms with Crippen molar-refractivity contribution < 1.29 is 0 Å². The third kappa shape index (κ3) is 5.43. The summed E-state index contributed by atoms with van der Waals surface area (Å²) in [5.41, 5.74) is 0. The van der Waals surface area contributed by atoms with Crippen molar-refractivity contribution in [3.05, 3.63) is 0 Å². The van der Waals surface area contributed by atoms with Gasteiger partial charge in [-0.2, -0.15) is 0 Å². The zero-order valence-corrected chi connectivity index (χ0v) is 8.28. The summed E-state index contributed by atoms with van der Waals surface area (Å²) in [4.78, 5) is 0. The molecule has 0 unspecified atom stereocenters.